The fourth-order valence-corrected chi connectivity index (χ4v) is 1.70. The molecule has 0 saturated carbocycles. The van der Waals surface area contributed by atoms with E-state index in [1.807, 2.05) is 13.8 Å². The van der Waals surface area contributed by atoms with Crippen LogP contribution in [0.2, 0.25) is 0 Å². The minimum absolute atomic E-state index is 0.0472. The van der Waals surface area contributed by atoms with Gasteiger partial charge in [-0.1, -0.05) is 32.9 Å². The Morgan fingerprint density at radius 1 is 1.41 bits per heavy atom. The van der Waals surface area contributed by atoms with Gasteiger partial charge in [0.05, 0.1) is 0 Å². The van der Waals surface area contributed by atoms with E-state index in [-0.39, 0.29) is 11.7 Å². The van der Waals surface area contributed by atoms with E-state index in [2.05, 4.69) is 24.3 Å². The molecule has 1 amide bonds. The fraction of sp³-hybridized carbons (Fsp3) is 0.833. The Morgan fingerprint density at radius 3 is 2.29 bits per heavy atom. The summed E-state index contributed by atoms with van der Waals surface area (Å²) < 4.78 is 0. The summed E-state index contributed by atoms with van der Waals surface area (Å²) in [6.45, 7) is 7.96. The lowest BCUT2D eigenvalue weighted by Crippen LogP contribution is -2.56. The molecule has 0 fully saturated rings. The van der Waals surface area contributed by atoms with Gasteiger partial charge in [-0.05, 0) is 25.2 Å². The lowest BCUT2D eigenvalue weighted by molar-refractivity contribution is -0.122. The number of nitrogens with two attached hydrogens (primary N) is 1. The molecule has 5 nitrogen and oxygen atoms in total. The Bertz CT molecular complexity index is 271. The van der Waals surface area contributed by atoms with Crippen LogP contribution in [0.3, 0.4) is 0 Å². The number of hydrogen-bond acceptors (Lipinski definition) is 3. The van der Waals surface area contributed by atoms with Crippen LogP contribution in [0.15, 0.2) is 5.16 Å². The van der Waals surface area contributed by atoms with Crippen molar-refractivity contribution in [3.63, 3.8) is 0 Å². The predicted molar refractivity (Wildman–Crippen MR) is 68.9 cm³/mol. The van der Waals surface area contributed by atoms with E-state index in [1.165, 1.54) is 0 Å². The van der Waals surface area contributed by atoms with Crippen molar-refractivity contribution in [2.45, 2.75) is 58.9 Å². The molecule has 0 aromatic carbocycles. The largest absolute Gasteiger partial charge is 0.409 e. The lowest BCUT2D eigenvalue weighted by Gasteiger charge is -2.31. The van der Waals surface area contributed by atoms with E-state index < -0.39 is 5.54 Å². The predicted octanol–water partition coefficient (Wildman–Crippen LogP) is 1.84. The van der Waals surface area contributed by atoms with E-state index >= 15 is 0 Å². The van der Waals surface area contributed by atoms with Crippen LogP contribution in [0.1, 0.15) is 53.4 Å². The first-order valence-electron chi connectivity index (χ1n) is 6.20. The third kappa shape index (κ3) is 4.63. The van der Waals surface area contributed by atoms with Crippen LogP contribution in [0.25, 0.3) is 0 Å². The molecule has 0 rings (SSSR count). The summed E-state index contributed by atoms with van der Waals surface area (Å²) in [6.07, 6.45) is 2.52. The highest BCUT2D eigenvalue weighted by molar-refractivity contribution is 5.93. The lowest BCUT2D eigenvalue weighted by atomic mass is 9.91. The van der Waals surface area contributed by atoms with Gasteiger partial charge < -0.3 is 16.3 Å². The molecule has 0 bridgehead atoms. The van der Waals surface area contributed by atoms with Crippen LogP contribution in [-0.4, -0.2) is 22.5 Å². The molecule has 0 saturated heterocycles. The molecule has 0 radical (unpaired) electrons. The molecule has 0 heterocycles. The van der Waals surface area contributed by atoms with Crippen LogP contribution >= 0.6 is 0 Å². The number of oxime groups is 1. The highest BCUT2D eigenvalue weighted by Gasteiger charge is 2.32. The summed E-state index contributed by atoms with van der Waals surface area (Å²) in [6, 6.07) is 0. The molecule has 0 aliphatic carbocycles. The first kappa shape index (κ1) is 15.7. The van der Waals surface area contributed by atoms with Crippen LogP contribution in [-0.2, 0) is 4.79 Å². The molecule has 0 spiro atoms. The van der Waals surface area contributed by atoms with Gasteiger partial charge in [0.25, 0.3) is 0 Å². The first-order valence-corrected chi connectivity index (χ1v) is 6.20. The van der Waals surface area contributed by atoms with Gasteiger partial charge in [0.2, 0.25) is 5.91 Å². The Hall–Kier alpha value is -1.26. The smallest absolute Gasteiger partial charge is 0.220 e. The number of carbonyl (C=O) groups is 1. The molecule has 0 aromatic heterocycles. The number of carbonyl (C=O) groups excluding carboxylic acids is 1. The molecule has 100 valence electrons. The second-order valence-corrected chi connectivity index (χ2v) is 4.76. The third-order valence-corrected chi connectivity index (χ3v) is 3.13. The summed E-state index contributed by atoms with van der Waals surface area (Å²) in [5.74, 6) is 0.511. The third-order valence-electron chi connectivity index (χ3n) is 3.13. The molecule has 0 unspecified atom stereocenters. The van der Waals surface area contributed by atoms with Crippen molar-refractivity contribution >= 4 is 11.7 Å². The highest BCUT2D eigenvalue weighted by atomic mass is 16.4. The Morgan fingerprint density at radius 2 is 1.94 bits per heavy atom. The molecule has 5 heteroatoms. The van der Waals surface area contributed by atoms with Crippen LogP contribution < -0.4 is 11.1 Å². The van der Waals surface area contributed by atoms with Crippen molar-refractivity contribution in [1.82, 2.24) is 5.32 Å². The maximum absolute atomic E-state index is 11.8. The van der Waals surface area contributed by atoms with E-state index in [0.717, 1.165) is 6.42 Å². The van der Waals surface area contributed by atoms with Gasteiger partial charge in [-0.3, -0.25) is 4.79 Å². The van der Waals surface area contributed by atoms with E-state index in [9.17, 15) is 4.79 Å². The summed E-state index contributed by atoms with van der Waals surface area (Å²) in [5, 5.41) is 14.7. The van der Waals surface area contributed by atoms with Gasteiger partial charge in [-0.2, -0.15) is 0 Å². The van der Waals surface area contributed by atoms with Crippen LogP contribution in [0, 0.1) is 5.92 Å². The molecule has 0 aliphatic heterocycles. The standard InChI is InChI=1S/C12H25N3O2/c1-5-12(6-2,11(13)15-17)14-10(16)8-7-9(3)4/h9,17H,5-8H2,1-4H3,(H2,13,15)(H,14,16). The molecule has 4 N–H and O–H groups in total. The van der Waals surface area contributed by atoms with E-state index in [4.69, 9.17) is 10.9 Å². The quantitative estimate of drug-likeness (QED) is 0.276. The SMILES string of the molecule is CCC(CC)(NC(=O)CCC(C)C)/C(N)=N/O. The van der Waals surface area contributed by atoms with Gasteiger partial charge in [-0.15, -0.1) is 0 Å². The second-order valence-electron chi connectivity index (χ2n) is 4.76. The number of nitrogens with one attached hydrogen (secondary N) is 1. The zero-order valence-corrected chi connectivity index (χ0v) is 11.3. The molecular formula is C12H25N3O2. The maximum atomic E-state index is 11.8. The van der Waals surface area contributed by atoms with Crippen molar-refractivity contribution in [3.8, 4) is 0 Å². The van der Waals surface area contributed by atoms with Crippen molar-refractivity contribution in [1.29, 1.82) is 0 Å². The maximum Gasteiger partial charge on any atom is 0.220 e. The number of nitrogens with zero attached hydrogens (tertiary/aromatic N) is 1. The molecule has 0 aromatic rings. The average Bonchev–Trinajstić information content (AvgIpc) is 2.32. The van der Waals surface area contributed by atoms with Crippen molar-refractivity contribution in [2.75, 3.05) is 0 Å². The van der Waals surface area contributed by atoms with Gasteiger partial charge >= 0.3 is 0 Å². The number of amidine groups is 1. The molecule has 0 aliphatic rings. The Kier molecular flexibility index (Phi) is 6.61. The summed E-state index contributed by atoms with van der Waals surface area (Å²) in [4.78, 5) is 11.8. The normalized spacial score (nSPS) is 12.9. The summed E-state index contributed by atoms with van der Waals surface area (Å²) in [5.41, 5.74) is 4.94. The zero-order chi connectivity index (χ0) is 13.5. The van der Waals surface area contributed by atoms with Gasteiger partial charge in [0, 0.05) is 6.42 Å². The minimum atomic E-state index is -0.719. The fourth-order valence-electron chi connectivity index (χ4n) is 1.70. The molecule has 17 heavy (non-hydrogen) atoms. The van der Waals surface area contributed by atoms with E-state index in [0.29, 0.717) is 25.2 Å². The van der Waals surface area contributed by atoms with Gasteiger partial charge in [-0.25, -0.2) is 0 Å². The number of rotatable bonds is 7. The summed E-state index contributed by atoms with van der Waals surface area (Å²) >= 11 is 0. The van der Waals surface area contributed by atoms with Crippen molar-refractivity contribution in [3.05, 3.63) is 0 Å². The van der Waals surface area contributed by atoms with Crippen LogP contribution in [0.5, 0.6) is 0 Å². The average molecular weight is 243 g/mol. The molecule has 0 atom stereocenters. The number of amides is 1. The minimum Gasteiger partial charge on any atom is -0.409 e. The first-order chi connectivity index (χ1) is 7.91. The van der Waals surface area contributed by atoms with Crippen molar-refractivity contribution in [2.24, 2.45) is 16.8 Å². The van der Waals surface area contributed by atoms with E-state index in [1.54, 1.807) is 0 Å². The zero-order valence-electron chi connectivity index (χ0n) is 11.3. The summed E-state index contributed by atoms with van der Waals surface area (Å²) in [7, 11) is 0. The van der Waals surface area contributed by atoms with Crippen molar-refractivity contribution < 1.29 is 10.0 Å². The van der Waals surface area contributed by atoms with Crippen LogP contribution in [0.4, 0.5) is 0 Å². The monoisotopic (exact) mass is 243 g/mol. The van der Waals surface area contributed by atoms with Gasteiger partial charge in [0.15, 0.2) is 5.84 Å². The Labute approximate surface area is 103 Å². The number of hydrogen-bond donors (Lipinski definition) is 3. The van der Waals surface area contributed by atoms with Gasteiger partial charge in [0.1, 0.15) is 5.54 Å². The second kappa shape index (κ2) is 7.14. The molecular weight excluding hydrogens is 218 g/mol. The highest BCUT2D eigenvalue weighted by Crippen LogP contribution is 2.16. The Balaban J connectivity index is 4.60. The topological polar surface area (TPSA) is 87.7 Å².